The van der Waals surface area contributed by atoms with Crippen molar-refractivity contribution in [3.05, 3.63) is 29.8 Å². The summed E-state index contributed by atoms with van der Waals surface area (Å²) in [5.41, 5.74) is 3.27. The summed E-state index contributed by atoms with van der Waals surface area (Å²) >= 11 is 0. The monoisotopic (exact) mass is 439 g/mol. The summed E-state index contributed by atoms with van der Waals surface area (Å²) in [6, 6.07) is 4.74. The van der Waals surface area contributed by atoms with Crippen molar-refractivity contribution in [2.45, 2.75) is 69.6 Å². The summed E-state index contributed by atoms with van der Waals surface area (Å²) < 4.78 is 19.7. The third kappa shape index (κ3) is 2.58. The van der Waals surface area contributed by atoms with Crippen LogP contribution >= 0.6 is 0 Å². The average molecular weight is 440 g/mol. The average Bonchev–Trinajstić information content (AvgIpc) is 3.26. The topological polar surface area (TPSA) is 51.0 Å². The molecule has 1 spiro atoms. The van der Waals surface area contributed by atoms with Crippen LogP contribution in [-0.4, -0.2) is 62.8 Å². The Bertz CT molecular complexity index is 1020. The number of hydrogen-bond acceptors (Lipinski definition) is 5. The lowest BCUT2D eigenvalue weighted by Crippen LogP contribution is -2.63. The molecule has 6 nitrogen and oxygen atoms in total. The molecule has 1 saturated heterocycles. The first kappa shape index (κ1) is 21.4. The zero-order valence-electron chi connectivity index (χ0n) is 19.9. The minimum atomic E-state index is -0.274. The molecule has 32 heavy (non-hydrogen) atoms. The van der Waals surface area contributed by atoms with E-state index in [-0.39, 0.29) is 35.0 Å². The number of nitrogens with zero attached hydrogens (tertiary/aromatic N) is 2. The second-order valence-electron chi connectivity index (χ2n) is 10.2. The molecule has 0 unspecified atom stereocenters. The van der Waals surface area contributed by atoms with Crippen molar-refractivity contribution in [3.8, 4) is 11.5 Å². The van der Waals surface area contributed by atoms with Crippen LogP contribution in [0.5, 0.6) is 11.5 Å². The van der Waals surface area contributed by atoms with Crippen molar-refractivity contribution >= 4 is 17.9 Å². The Morgan fingerprint density at radius 1 is 1.28 bits per heavy atom. The molecule has 0 N–H and O–H groups in total. The molecule has 5 rings (SSSR count). The standard InChI is InChI=1S/C26H35N2O4/c1-16(2)32-21(29)15-25-10-7-12-28-13-11-26(24(25)28)18-8-9-19(30-5)23(31-6)22(18)27(4)20(26)14-17(25)3/h8-9,12,16,20,24H,3,7,10-11,13-15H2,1-2,4-6H3/q+1/t20-,24-,25+,26-/m1/s1. The maximum atomic E-state index is 13.0. The lowest BCUT2D eigenvalue weighted by molar-refractivity contribution is -0.569. The Morgan fingerprint density at radius 3 is 2.75 bits per heavy atom. The van der Waals surface area contributed by atoms with Gasteiger partial charge in [-0.3, -0.25) is 4.79 Å². The lowest BCUT2D eigenvalue weighted by Gasteiger charge is -2.52. The molecule has 1 aromatic rings. The molecule has 6 heteroatoms. The second kappa shape index (κ2) is 7.26. The van der Waals surface area contributed by atoms with Crippen molar-refractivity contribution < 1.29 is 23.6 Å². The van der Waals surface area contributed by atoms with Crippen LogP contribution in [-0.2, 0) is 14.9 Å². The smallest absolute Gasteiger partial charge is 0.307 e. The number of ether oxygens (including phenoxy) is 3. The molecular weight excluding hydrogens is 404 g/mol. The fraction of sp³-hybridized carbons (Fsp3) is 0.615. The van der Waals surface area contributed by atoms with Gasteiger partial charge in [-0.25, -0.2) is 4.58 Å². The number of benzene rings is 1. The lowest BCUT2D eigenvalue weighted by atomic mass is 9.51. The molecule has 4 aliphatic rings. The van der Waals surface area contributed by atoms with Crippen molar-refractivity contribution in [2.24, 2.45) is 5.41 Å². The Morgan fingerprint density at radius 2 is 2.06 bits per heavy atom. The number of carbonyl (C=O) groups excluding carboxylic acids is 1. The summed E-state index contributed by atoms with van der Waals surface area (Å²) in [4.78, 5) is 15.4. The molecule has 2 fully saturated rings. The van der Waals surface area contributed by atoms with E-state index in [1.54, 1.807) is 14.2 Å². The molecule has 0 bridgehead atoms. The van der Waals surface area contributed by atoms with E-state index in [4.69, 9.17) is 14.2 Å². The van der Waals surface area contributed by atoms with Gasteiger partial charge in [0.15, 0.2) is 17.5 Å². The number of likely N-dealkylation sites (N-methyl/N-ethyl adjacent to an activating group) is 1. The van der Waals surface area contributed by atoms with Gasteiger partial charge < -0.3 is 19.1 Å². The molecule has 4 atom stereocenters. The number of fused-ring (bicyclic) bond motifs is 1. The predicted molar refractivity (Wildman–Crippen MR) is 124 cm³/mol. The van der Waals surface area contributed by atoms with E-state index >= 15 is 0 Å². The van der Waals surface area contributed by atoms with E-state index in [0.29, 0.717) is 6.42 Å². The van der Waals surface area contributed by atoms with Crippen LogP contribution in [0.2, 0.25) is 0 Å². The highest BCUT2D eigenvalue weighted by Crippen LogP contribution is 2.67. The Labute approximate surface area is 190 Å². The van der Waals surface area contributed by atoms with E-state index < -0.39 is 0 Å². The summed E-state index contributed by atoms with van der Waals surface area (Å²) in [7, 11) is 5.57. The van der Waals surface area contributed by atoms with Crippen LogP contribution in [0.25, 0.3) is 0 Å². The second-order valence-corrected chi connectivity index (χ2v) is 10.2. The summed E-state index contributed by atoms with van der Waals surface area (Å²) in [6.45, 7) is 9.43. The first-order valence-corrected chi connectivity index (χ1v) is 11.7. The van der Waals surface area contributed by atoms with Gasteiger partial charge in [0, 0.05) is 25.9 Å². The predicted octanol–water partition coefficient (Wildman–Crippen LogP) is 3.70. The molecule has 1 saturated carbocycles. The van der Waals surface area contributed by atoms with Gasteiger partial charge in [-0.15, -0.1) is 0 Å². The molecular formula is C26H35N2O4+. The molecule has 172 valence electrons. The first-order chi connectivity index (χ1) is 15.3. The maximum Gasteiger partial charge on any atom is 0.307 e. The van der Waals surface area contributed by atoms with Crippen molar-refractivity contribution in [3.63, 3.8) is 0 Å². The minimum absolute atomic E-state index is 0.0835. The summed E-state index contributed by atoms with van der Waals surface area (Å²) in [5.74, 6) is 1.44. The van der Waals surface area contributed by atoms with Gasteiger partial charge in [0.2, 0.25) is 0 Å². The van der Waals surface area contributed by atoms with Crippen molar-refractivity contribution in [1.29, 1.82) is 0 Å². The van der Waals surface area contributed by atoms with Gasteiger partial charge in [-0.2, -0.15) is 0 Å². The molecule has 0 amide bonds. The van der Waals surface area contributed by atoms with Crippen LogP contribution in [0, 0.1) is 5.41 Å². The Balaban J connectivity index is 1.70. The fourth-order valence-corrected chi connectivity index (χ4v) is 7.45. The largest absolute Gasteiger partial charge is 0.493 e. The summed E-state index contributed by atoms with van der Waals surface area (Å²) in [6.07, 6.45) is 6.50. The zero-order chi connectivity index (χ0) is 22.8. The highest BCUT2D eigenvalue weighted by Gasteiger charge is 2.73. The highest BCUT2D eigenvalue weighted by atomic mass is 16.5. The molecule has 1 aliphatic carbocycles. The van der Waals surface area contributed by atoms with Gasteiger partial charge in [0.1, 0.15) is 12.8 Å². The van der Waals surface area contributed by atoms with E-state index in [0.717, 1.165) is 49.4 Å². The number of esters is 1. The van der Waals surface area contributed by atoms with Gasteiger partial charge in [-0.1, -0.05) is 18.2 Å². The van der Waals surface area contributed by atoms with Gasteiger partial charge >= 0.3 is 5.97 Å². The number of anilines is 1. The number of hydrogen-bond donors (Lipinski definition) is 0. The van der Waals surface area contributed by atoms with E-state index in [2.05, 4.69) is 35.4 Å². The first-order valence-electron chi connectivity index (χ1n) is 11.7. The van der Waals surface area contributed by atoms with Crippen LogP contribution in [0.3, 0.4) is 0 Å². The minimum Gasteiger partial charge on any atom is -0.493 e. The van der Waals surface area contributed by atoms with E-state index in [1.165, 1.54) is 11.1 Å². The normalized spacial score (nSPS) is 32.2. The molecule has 0 aromatic heterocycles. The number of carbonyl (C=O) groups is 1. The van der Waals surface area contributed by atoms with Crippen LogP contribution in [0.1, 0.15) is 51.5 Å². The van der Waals surface area contributed by atoms with Gasteiger partial charge in [-0.05, 0) is 38.3 Å². The number of rotatable bonds is 5. The Kier molecular flexibility index (Phi) is 4.84. The summed E-state index contributed by atoms with van der Waals surface area (Å²) in [5, 5.41) is 0. The highest BCUT2D eigenvalue weighted by molar-refractivity contribution is 5.78. The van der Waals surface area contributed by atoms with Gasteiger partial charge in [0.25, 0.3) is 0 Å². The van der Waals surface area contributed by atoms with Gasteiger partial charge in [0.05, 0.1) is 43.3 Å². The number of methoxy groups -OCH3 is 2. The van der Waals surface area contributed by atoms with Crippen molar-refractivity contribution in [2.75, 3.05) is 32.7 Å². The quantitative estimate of drug-likeness (QED) is 0.398. The van der Waals surface area contributed by atoms with Crippen molar-refractivity contribution in [1.82, 2.24) is 0 Å². The molecule has 3 aliphatic heterocycles. The fourth-order valence-electron chi connectivity index (χ4n) is 7.45. The molecule has 0 radical (unpaired) electrons. The van der Waals surface area contributed by atoms with E-state index in [1.807, 2.05) is 19.9 Å². The third-order valence-corrected chi connectivity index (χ3v) is 8.49. The molecule has 1 aromatic carbocycles. The maximum absolute atomic E-state index is 13.0. The SMILES string of the molecule is C=C1C[C@H]2N(C)c3c(ccc(OC)c3OC)[C@]23CC[N+]2=CCC[C@@]1(CC(=O)OC(C)C)[C@@H]23. The van der Waals surface area contributed by atoms with Crippen LogP contribution in [0.15, 0.2) is 24.3 Å². The molecule has 3 heterocycles. The third-order valence-electron chi connectivity index (χ3n) is 8.49. The Hall–Kier alpha value is -2.50. The zero-order valence-corrected chi connectivity index (χ0v) is 19.9. The van der Waals surface area contributed by atoms with Crippen LogP contribution < -0.4 is 14.4 Å². The van der Waals surface area contributed by atoms with E-state index in [9.17, 15) is 4.79 Å². The van der Waals surface area contributed by atoms with Crippen LogP contribution in [0.4, 0.5) is 5.69 Å².